The average Bonchev–Trinajstić information content (AvgIpc) is 2.43. The second kappa shape index (κ2) is 9.19. The molecule has 0 fully saturated rings. The minimum absolute atomic E-state index is 0.549. The summed E-state index contributed by atoms with van der Waals surface area (Å²) in [6.45, 7) is 20.2. The number of benzene rings is 1. The first-order valence-corrected chi connectivity index (χ1v) is 9.72. The molecule has 0 aliphatic carbocycles. The summed E-state index contributed by atoms with van der Waals surface area (Å²) in [4.78, 5) is 5.07. The zero-order valence-electron chi connectivity index (χ0n) is 16.2. The molecule has 132 valence electrons. The highest BCUT2D eigenvalue weighted by atomic mass is 79.9. The van der Waals surface area contributed by atoms with Crippen LogP contribution in [0.3, 0.4) is 0 Å². The smallest absolute Gasteiger partial charge is 0.0265 e. The van der Waals surface area contributed by atoms with Crippen LogP contribution in [-0.4, -0.2) is 34.0 Å². The van der Waals surface area contributed by atoms with E-state index in [0.29, 0.717) is 24.2 Å². The Hall–Kier alpha value is -0.380. The number of hydrogen-bond acceptors (Lipinski definition) is 2. The topological polar surface area (TPSA) is 6.48 Å². The van der Waals surface area contributed by atoms with Crippen LogP contribution in [0.2, 0.25) is 0 Å². The van der Waals surface area contributed by atoms with Crippen LogP contribution in [0.5, 0.6) is 0 Å². The molecule has 0 amide bonds. The molecule has 0 aromatic heterocycles. The third-order valence-corrected chi connectivity index (χ3v) is 5.54. The molecule has 0 radical (unpaired) electrons. The second-order valence-electron chi connectivity index (χ2n) is 7.61. The standard InChI is InChI=1S/C20H35BrN2/c1-14(2)22(15(3)4)12-18-10-9-11-19(20(18)21)13-23(16(5)6)17(7)8/h9-11,14-17H,12-13H2,1-8H3. The Morgan fingerprint density at radius 2 is 1.00 bits per heavy atom. The monoisotopic (exact) mass is 382 g/mol. The van der Waals surface area contributed by atoms with E-state index in [9.17, 15) is 0 Å². The van der Waals surface area contributed by atoms with Crippen molar-refractivity contribution in [2.45, 2.75) is 92.6 Å². The van der Waals surface area contributed by atoms with E-state index in [1.165, 1.54) is 15.6 Å². The van der Waals surface area contributed by atoms with Gasteiger partial charge < -0.3 is 0 Å². The quantitative estimate of drug-likeness (QED) is 0.569. The summed E-state index contributed by atoms with van der Waals surface area (Å²) in [6.07, 6.45) is 0. The highest BCUT2D eigenvalue weighted by molar-refractivity contribution is 9.10. The van der Waals surface area contributed by atoms with E-state index >= 15 is 0 Å². The van der Waals surface area contributed by atoms with Gasteiger partial charge in [-0.25, -0.2) is 0 Å². The summed E-state index contributed by atoms with van der Waals surface area (Å²) in [5.41, 5.74) is 2.77. The van der Waals surface area contributed by atoms with E-state index in [0.717, 1.165) is 13.1 Å². The van der Waals surface area contributed by atoms with Gasteiger partial charge in [0.05, 0.1) is 0 Å². The molecule has 1 aromatic carbocycles. The molecular weight excluding hydrogens is 348 g/mol. The minimum atomic E-state index is 0.549. The molecule has 23 heavy (non-hydrogen) atoms. The molecule has 0 saturated heterocycles. The molecule has 3 heteroatoms. The molecule has 0 atom stereocenters. The molecule has 0 saturated carbocycles. The minimum Gasteiger partial charge on any atom is -0.294 e. The van der Waals surface area contributed by atoms with Gasteiger partial charge in [-0.3, -0.25) is 9.80 Å². The van der Waals surface area contributed by atoms with Crippen LogP contribution in [0.25, 0.3) is 0 Å². The van der Waals surface area contributed by atoms with Gasteiger partial charge in [0, 0.05) is 41.7 Å². The number of hydrogen-bond donors (Lipinski definition) is 0. The van der Waals surface area contributed by atoms with E-state index in [1.807, 2.05) is 0 Å². The Morgan fingerprint density at radius 3 is 1.26 bits per heavy atom. The average molecular weight is 383 g/mol. The lowest BCUT2D eigenvalue weighted by Gasteiger charge is -2.32. The lowest BCUT2D eigenvalue weighted by Crippen LogP contribution is -2.37. The van der Waals surface area contributed by atoms with Gasteiger partial charge in [0.1, 0.15) is 0 Å². The molecular formula is C20H35BrN2. The predicted octanol–water partition coefficient (Wildman–Crippen LogP) is 5.69. The Kier molecular flexibility index (Phi) is 8.26. The van der Waals surface area contributed by atoms with Gasteiger partial charge in [-0.15, -0.1) is 0 Å². The fourth-order valence-corrected chi connectivity index (χ4v) is 3.71. The maximum Gasteiger partial charge on any atom is 0.0265 e. The van der Waals surface area contributed by atoms with Gasteiger partial charge >= 0.3 is 0 Å². The van der Waals surface area contributed by atoms with Crippen molar-refractivity contribution in [3.05, 3.63) is 33.8 Å². The van der Waals surface area contributed by atoms with Crippen molar-refractivity contribution in [2.75, 3.05) is 0 Å². The lowest BCUT2D eigenvalue weighted by atomic mass is 10.1. The van der Waals surface area contributed by atoms with Crippen LogP contribution in [0.15, 0.2) is 22.7 Å². The maximum atomic E-state index is 3.88. The first-order chi connectivity index (χ1) is 10.6. The van der Waals surface area contributed by atoms with Crippen molar-refractivity contribution >= 4 is 15.9 Å². The fraction of sp³-hybridized carbons (Fsp3) is 0.700. The van der Waals surface area contributed by atoms with Crippen LogP contribution in [0.4, 0.5) is 0 Å². The Labute approximate surface area is 152 Å². The highest BCUT2D eigenvalue weighted by Gasteiger charge is 2.19. The van der Waals surface area contributed by atoms with Crippen molar-refractivity contribution in [3.8, 4) is 0 Å². The zero-order chi connectivity index (χ0) is 17.7. The van der Waals surface area contributed by atoms with Gasteiger partial charge in [0.2, 0.25) is 0 Å². The molecule has 0 bridgehead atoms. The van der Waals surface area contributed by atoms with Gasteiger partial charge in [-0.2, -0.15) is 0 Å². The molecule has 0 aliphatic rings. The maximum absolute atomic E-state index is 3.88. The summed E-state index contributed by atoms with van der Waals surface area (Å²) in [5, 5.41) is 0. The molecule has 0 N–H and O–H groups in total. The van der Waals surface area contributed by atoms with Crippen LogP contribution in [-0.2, 0) is 13.1 Å². The molecule has 0 spiro atoms. The van der Waals surface area contributed by atoms with E-state index in [2.05, 4.69) is 99.3 Å². The van der Waals surface area contributed by atoms with Crippen molar-refractivity contribution < 1.29 is 0 Å². The van der Waals surface area contributed by atoms with Gasteiger partial charge in [0.25, 0.3) is 0 Å². The molecule has 1 rings (SSSR count). The Morgan fingerprint density at radius 1 is 0.696 bits per heavy atom. The summed E-state index contributed by atoms with van der Waals surface area (Å²) in [6, 6.07) is 8.90. The first-order valence-electron chi connectivity index (χ1n) is 8.92. The van der Waals surface area contributed by atoms with Crippen molar-refractivity contribution in [1.82, 2.24) is 9.80 Å². The van der Waals surface area contributed by atoms with Crippen molar-refractivity contribution in [1.29, 1.82) is 0 Å². The normalized spacial score (nSPS) is 12.7. The second-order valence-corrected chi connectivity index (χ2v) is 8.40. The Bertz CT molecular complexity index is 424. The molecule has 0 heterocycles. The zero-order valence-corrected chi connectivity index (χ0v) is 17.8. The summed E-state index contributed by atoms with van der Waals surface area (Å²) < 4.78 is 1.28. The lowest BCUT2D eigenvalue weighted by molar-refractivity contribution is 0.162. The van der Waals surface area contributed by atoms with E-state index in [1.54, 1.807) is 0 Å². The summed E-state index contributed by atoms with van der Waals surface area (Å²) in [5.74, 6) is 0. The van der Waals surface area contributed by atoms with Gasteiger partial charge in [-0.1, -0.05) is 34.1 Å². The molecule has 1 aromatic rings. The number of nitrogens with zero attached hydrogens (tertiary/aromatic N) is 2. The third-order valence-electron chi connectivity index (χ3n) is 4.52. The fourth-order valence-electron chi connectivity index (χ4n) is 3.19. The van der Waals surface area contributed by atoms with Gasteiger partial charge in [-0.05, 0) is 66.5 Å². The summed E-state index contributed by atoms with van der Waals surface area (Å²) in [7, 11) is 0. The predicted molar refractivity (Wildman–Crippen MR) is 106 cm³/mol. The van der Waals surface area contributed by atoms with Crippen LogP contribution >= 0.6 is 15.9 Å². The van der Waals surface area contributed by atoms with E-state index in [-0.39, 0.29) is 0 Å². The van der Waals surface area contributed by atoms with Crippen molar-refractivity contribution in [3.63, 3.8) is 0 Å². The van der Waals surface area contributed by atoms with Crippen LogP contribution in [0.1, 0.15) is 66.5 Å². The SMILES string of the molecule is CC(C)N(Cc1cccc(CN(C(C)C)C(C)C)c1Br)C(C)C. The van der Waals surface area contributed by atoms with Gasteiger partial charge in [0.15, 0.2) is 0 Å². The third kappa shape index (κ3) is 5.88. The number of halogens is 1. The Balaban J connectivity index is 3.02. The van der Waals surface area contributed by atoms with Crippen molar-refractivity contribution in [2.24, 2.45) is 0 Å². The van der Waals surface area contributed by atoms with E-state index in [4.69, 9.17) is 0 Å². The highest BCUT2D eigenvalue weighted by Crippen LogP contribution is 2.27. The summed E-state index contributed by atoms with van der Waals surface area (Å²) >= 11 is 3.88. The number of rotatable bonds is 8. The molecule has 0 unspecified atom stereocenters. The largest absolute Gasteiger partial charge is 0.294 e. The molecule has 2 nitrogen and oxygen atoms in total. The van der Waals surface area contributed by atoms with Crippen LogP contribution < -0.4 is 0 Å². The molecule has 0 aliphatic heterocycles. The van der Waals surface area contributed by atoms with Crippen LogP contribution in [0, 0.1) is 0 Å². The van der Waals surface area contributed by atoms with E-state index < -0.39 is 0 Å². The first kappa shape index (κ1) is 20.7.